The molecule has 0 radical (unpaired) electrons. The van der Waals surface area contributed by atoms with Gasteiger partial charge in [0.1, 0.15) is 12.0 Å². The first-order valence-electron chi connectivity index (χ1n) is 11.6. The number of rotatable bonds is 7. The molecule has 2 aliphatic heterocycles. The molecule has 1 aromatic heterocycles. The van der Waals surface area contributed by atoms with Gasteiger partial charge in [-0.2, -0.15) is 0 Å². The molecule has 3 heterocycles. The first-order chi connectivity index (χ1) is 16.6. The zero-order valence-electron chi connectivity index (χ0n) is 18.9. The van der Waals surface area contributed by atoms with Gasteiger partial charge in [0.25, 0.3) is 11.8 Å². The van der Waals surface area contributed by atoms with Crippen LogP contribution in [0.3, 0.4) is 0 Å². The van der Waals surface area contributed by atoms with Crippen molar-refractivity contribution in [1.82, 2.24) is 20.3 Å². The first-order valence-corrected chi connectivity index (χ1v) is 11.6. The minimum atomic E-state index is -0.654. The van der Waals surface area contributed by atoms with Crippen LogP contribution in [0.1, 0.15) is 43.1 Å². The number of carbonyl (C=O) groups is 2. The Hall–Kier alpha value is -3.49. The third kappa shape index (κ3) is 4.88. The van der Waals surface area contributed by atoms with E-state index < -0.39 is 6.10 Å². The third-order valence-corrected chi connectivity index (χ3v) is 6.56. The van der Waals surface area contributed by atoms with Crippen molar-refractivity contribution in [3.05, 3.63) is 88.3 Å². The van der Waals surface area contributed by atoms with Gasteiger partial charge < -0.3 is 19.8 Å². The SMILES string of the molecule is O=C(NC[C@H](O)CN1CCc2ccccc2C1)c1ccc2c(c1)CCN(Cc1ccon1)C2=O. The monoisotopic (exact) mass is 460 g/mol. The summed E-state index contributed by atoms with van der Waals surface area (Å²) in [6.45, 7) is 3.36. The van der Waals surface area contributed by atoms with Crippen LogP contribution in [0, 0.1) is 0 Å². The predicted octanol–water partition coefficient (Wildman–Crippen LogP) is 2.02. The van der Waals surface area contributed by atoms with Crippen LogP contribution < -0.4 is 5.32 Å². The molecule has 1 atom stereocenters. The maximum atomic E-state index is 12.8. The normalized spacial score (nSPS) is 16.6. The van der Waals surface area contributed by atoms with E-state index in [1.807, 2.05) is 6.07 Å². The largest absolute Gasteiger partial charge is 0.390 e. The fourth-order valence-corrected chi connectivity index (χ4v) is 4.73. The number of benzene rings is 2. The summed E-state index contributed by atoms with van der Waals surface area (Å²) >= 11 is 0. The standard InChI is InChI=1S/C26H28N4O4/c31-23(17-29-10-7-18-3-1-2-4-21(18)15-29)14-27-25(32)20-5-6-24-19(13-20)8-11-30(26(24)33)16-22-9-12-34-28-22/h1-6,9,12-13,23,31H,7-8,10-11,14-17H2,(H,27,32)/t23-/m0/s1. The predicted molar refractivity (Wildman–Crippen MR) is 125 cm³/mol. The zero-order chi connectivity index (χ0) is 23.5. The van der Waals surface area contributed by atoms with Crippen molar-refractivity contribution in [1.29, 1.82) is 0 Å². The summed E-state index contributed by atoms with van der Waals surface area (Å²) < 4.78 is 4.85. The van der Waals surface area contributed by atoms with E-state index in [2.05, 4.69) is 33.6 Å². The Kier molecular flexibility index (Phi) is 6.42. The number of hydrogen-bond acceptors (Lipinski definition) is 6. The number of aliphatic hydroxyl groups excluding tert-OH is 1. The van der Waals surface area contributed by atoms with Gasteiger partial charge in [0.05, 0.1) is 12.6 Å². The average Bonchev–Trinajstić information content (AvgIpc) is 3.37. The minimum Gasteiger partial charge on any atom is -0.390 e. The molecule has 0 bridgehead atoms. The fourth-order valence-electron chi connectivity index (χ4n) is 4.73. The average molecular weight is 461 g/mol. The molecule has 8 nitrogen and oxygen atoms in total. The highest BCUT2D eigenvalue weighted by Crippen LogP contribution is 2.22. The molecule has 3 aromatic rings. The number of nitrogens with zero attached hydrogens (tertiary/aromatic N) is 3. The second-order valence-electron chi connectivity index (χ2n) is 8.96. The number of hydrogen-bond donors (Lipinski definition) is 2. The molecule has 8 heteroatoms. The molecule has 34 heavy (non-hydrogen) atoms. The number of aromatic nitrogens is 1. The fraction of sp³-hybridized carbons (Fsp3) is 0.346. The molecular weight excluding hydrogens is 432 g/mol. The molecule has 0 saturated carbocycles. The van der Waals surface area contributed by atoms with Crippen LogP contribution in [0.2, 0.25) is 0 Å². The number of amides is 2. The summed E-state index contributed by atoms with van der Waals surface area (Å²) in [7, 11) is 0. The number of aliphatic hydroxyl groups is 1. The number of carbonyl (C=O) groups excluding carboxylic acids is 2. The molecule has 2 N–H and O–H groups in total. The Balaban J connectivity index is 1.14. The van der Waals surface area contributed by atoms with Gasteiger partial charge in [-0.05, 0) is 47.7 Å². The lowest BCUT2D eigenvalue weighted by Crippen LogP contribution is -2.42. The Morgan fingerprint density at radius 3 is 2.74 bits per heavy atom. The summed E-state index contributed by atoms with van der Waals surface area (Å²) in [6.07, 6.45) is 2.47. The quantitative estimate of drug-likeness (QED) is 0.560. The van der Waals surface area contributed by atoms with Gasteiger partial charge in [-0.15, -0.1) is 0 Å². The molecular formula is C26H28N4O4. The summed E-state index contributed by atoms with van der Waals surface area (Å²) in [5.41, 5.74) is 5.34. The lowest BCUT2D eigenvalue weighted by atomic mass is 9.96. The molecule has 2 amide bonds. The van der Waals surface area contributed by atoms with Crippen molar-refractivity contribution in [2.24, 2.45) is 0 Å². The minimum absolute atomic E-state index is 0.0743. The van der Waals surface area contributed by atoms with E-state index in [4.69, 9.17) is 4.52 Å². The molecule has 2 aromatic carbocycles. The Morgan fingerprint density at radius 1 is 1.09 bits per heavy atom. The van der Waals surface area contributed by atoms with E-state index in [-0.39, 0.29) is 18.4 Å². The van der Waals surface area contributed by atoms with Crippen molar-refractivity contribution >= 4 is 11.8 Å². The maximum absolute atomic E-state index is 12.8. The van der Waals surface area contributed by atoms with Gasteiger partial charge in [0.15, 0.2) is 0 Å². The van der Waals surface area contributed by atoms with E-state index in [9.17, 15) is 14.7 Å². The van der Waals surface area contributed by atoms with Crippen molar-refractivity contribution in [3.63, 3.8) is 0 Å². The van der Waals surface area contributed by atoms with Crippen molar-refractivity contribution in [2.75, 3.05) is 26.2 Å². The van der Waals surface area contributed by atoms with Gasteiger partial charge in [0, 0.05) is 49.9 Å². The molecule has 0 aliphatic carbocycles. The van der Waals surface area contributed by atoms with E-state index in [0.29, 0.717) is 42.9 Å². The third-order valence-electron chi connectivity index (χ3n) is 6.56. The van der Waals surface area contributed by atoms with Crippen LogP contribution in [0.25, 0.3) is 0 Å². The first kappa shape index (κ1) is 22.3. The van der Waals surface area contributed by atoms with E-state index in [1.165, 1.54) is 17.4 Å². The van der Waals surface area contributed by atoms with Gasteiger partial charge in [-0.1, -0.05) is 29.4 Å². The summed E-state index contributed by atoms with van der Waals surface area (Å²) in [5.74, 6) is -0.321. The van der Waals surface area contributed by atoms with E-state index >= 15 is 0 Å². The Morgan fingerprint density at radius 2 is 1.91 bits per heavy atom. The van der Waals surface area contributed by atoms with E-state index in [1.54, 1.807) is 29.2 Å². The van der Waals surface area contributed by atoms with Crippen LogP contribution in [0.15, 0.2) is 59.3 Å². The molecule has 0 unspecified atom stereocenters. The number of β-amino-alcohol motifs (C(OH)–C–C–N with tert-alkyl or cyclic N) is 1. The molecule has 2 aliphatic rings. The Labute approximate surface area is 198 Å². The van der Waals surface area contributed by atoms with Gasteiger partial charge in [-0.25, -0.2) is 0 Å². The second-order valence-corrected chi connectivity index (χ2v) is 8.96. The smallest absolute Gasteiger partial charge is 0.254 e. The summed E-state index contributed by atoms with van der Waals surface area (Å²) in [4.78, 5) is 29.5. The van der Waals surface area contributed by atoms with Crippen LogP contribution >= 0.6 is 0 Å². The summed E-state index contributed by atoms with van der Waals surface area (Å²) in [6, 6.07) is 15.3. The highest BCUT2D eigenvalue weighted by molar-refractivity contribution is 5.99. The van der Waals surface area contributed by atoms with Crippen LogP contribution in [-0.4, -0.2) is 64.2 Å². The Bertz CT molecular complexity index is 1180. The van der Waals surface area contributed by atoms with Crippen molar-refractivity contribution < 1.29 is 19.2 Å². The molecule has 0 fully saturated rings. The molecule has 5 rings (SSSR count). The zero-order valence-corrected chi connectivity index (χ0v) is 18.9. The van der Waals surface area contributed by atoms with Crippen LogP contribution in [-0.2, 0) is 25.9 Å². The number of nitrogens with one attached hydrogen (secondary N) is 1. The van der Waals surface area contributed by atoms with Crippen LogP contribution in [0.4, 0.5) is 0 Å². The highest BCUT2D eigenvalue weighted by atomic mass is 16.5. The van der Waals surface area contributed by atoms with Crippen LogP contribution in [0.5, 0.6) is 0 Å². The van der Waals surface area contributed by atoms with Gasteiger partial charge in [0.2, 0.25) is 0 Å². The topological polar surface area (TPSA) is 98.9 Å². The lowest BCUT2D eigenvalue weighted by molar-refractivity contribution is 0.0722. The van der Waals surface area contributed by atoms with Gasteiger partial charge >= 0.3 is 0 Å². The highest BCUT2D eigenvalue weighted by Gasteiger charge is 2.26. The van der Waals surface area contributed by atoms with Gasteiger partial charge in [-0.3, -0.25) is 14.5 Å². The van der Waals surface area contributed by atoms with Crippen molar-refractivity contribution in [3.8, 4) is 0 Å². The van der Waals surface area contributed by atoms with E-state index in [0.717, 1.165) is 25.1 Å². The summed E-state index contributed by atoms with van der Waals surface area (Å²) in [5, 5.41) is 17.2. The maximum Gasteiger partial charge on any atom is 0.254 e. The second kappa shape index (κ2) is 9.79. The molecule has 176 valence electrons. The lowest BCUT2D eigenvalue weighted by Gasteiger charge is -2.30. The number of fused-ring (bicyclic) bond motifs is 2. The van der Waals surface area contributed by atoms with Crippen molar-refractivity contribution in [2.45, 2.75) is 32.0 Å². The molecule has 0 saturated heterocycles. The molecule has 0 spiro atoms.